The molecule has 0 N–H and O–H groups in total. The average Bonchev–Trinajstić information content (AvgIpc) is 2.32. The summed E-state index contributed by atoms with van der Waals surface area (Å²) in [6.07, 6.45) is 3.63. The Morgan fingerprint density at radius 1 is 1.25 bits per heavy atom. The van der Waals surface area contributed by atoms with Crippen LogP contribution in [0, 0.1) is 14.0 Å². The first-order valence-electron chi connectivity index (χ1n) is 5.49. The maximum absolute atomic E-state index is 3.85. The minimum atomic E-state index is 0. The summed E-state index contributed by atoms with van der Waals surface area (Å²) < 4.78 is 0. The van der Waals surface area contributed by atoms with E-state index in [-0.39, 0.29) is 21.1 Å². The fraction of sp³-hybridized carbons (Fsp3) is 0.429. The van der Waals surface area contributed by atoms with Crippen LogP contribution in [0.1, 0.15) is 34.6 Å². The van der Waals surface area contributed by atoms with Gasteiger partial charge in [-0.05, 0) is 12.5 Å². The first kappa shape index (κ1) is 24.8. The molecule has 0 aromatic rings. The van der Waals surface area contributed by atoms with Crippen LogP contribution in [0.4, 0.5) is 0 Å². The zero-order valence-corrected chi connectivity index (χ0v) is 14.5. The molecule has 0 heterocycles. The maximum Gasteiger partial charge on any atom is 2.00 e. The second-order valence-corrected chi connectivity index (χ2v) is 2.30. The first-order valence-corrected chi connectivity index (χ1v) is 5.49. The molecule has 94 valence electrons. The second kappa shape index (κ2) is 20.2. The largest absolute Gasteiger partial charge is 2.00 e. The van der Waals surface area contributed by atoms with E-state index in [1.807, 2.05) is 40.7 Å². The van der Waals surface area contributed by atoms with Gasteiger partial charge in [-0.1, -0.05) is 53.0 Å². The molecule has 0 radical (unpaired) electrons. The molecule has 0 unspecified atom stereocenters. The Kier molecular flexibility index (Phi) is 31.2. The van der Waals surface area contributed by atoms with E-state index in [1.54, 1.807) is 11.0 Å². The van der Waals surface area contributed by atoms with Crippen LogP contribution in [0.3, 0.4) is 0 Å². The molecule has 0 fully saturated rings. The van der Waals surface area contributed by atoms with Crippen molar-refractivity contribution < 1.29 is 21.1 Å². The fourth-order valence-corrected chi connectivity index (χ4v) is 0.657. The van der Waals surface area contributed by atoms with Crippen molar-refractivity contribution in [1.82, 2.24) is 4.90 Å². The van der Waals surface area contributed by atoms with Gasteiger partial charge in [-0.25, -0.2) is 0 Å². The van der Waals surface area contributed by atoms with Gasteiger partial charge in [0.1, 0.15) is 0 Å². The summed E-state index contributed by atoms with van der Waals surface area (Å²) >= 11 is 0. The van der Waals surface area contributed by atoms with E-state index in [4.69, 9.17) is 0 Å². The zero-order chi connectivity index (χ0) is 12.9. The molecule has 0 amide bonds. The van der Waals surface area contributed by atoms with Gasteiger partial charge in [0.25, 0.3) is 0 Å². The molecular weight excluding hydrogens is 366 g/mol. The predicted octanol–water partition coefficient (Wildman–Crippen LogP) is 4.61. The van der Waals surface area contributed by atoms with Gasteiger partial charge in [0.05, 0.1) is 0 Å². The molecule has 0 saturated carbocycles. The van der Waals surface area contributed by atoms with E-state index in [1.165, 1.54) is 0 Å². The standard InChI is InChI=1S/C10H15N.2C2H6.W/c1-6-8-9(3)10(4)11(5)7-2;2*1-2;/h6,8H,1-2,4-5,7H2,3H3;2*1-2H3;/q-2;;;+2/b9-8-;;;. The molecule has 0 aromatic carbocycles. The van der Waals surface area contributed by atoms with Crippen LogP contribution in [-0.2, 0) is 21.1 Å². The minimum Gasteiger partial charge on any atom is -0.550 e. The molecule has 0 bridgehead atoms. The van der Waals surface area contributed by atoms with Crippen LogP contribution in [0.2, 0.25) is 0 Å². The molecule has 0 spiro atoms. The molecule has 0 aromatic heterocycles. The molecule has 0 atom stereocenters. The van der Waals surface area contributed by atoms with Crippen LogP contribution in [-0.4, -0.2) is 11.4 Å². The molecule has 16 heavy (non-hydrogen) atoms. The number of allylic oxidation sites excluding steroid dienone is 3. The van der Waals surface area contributed by atoms with Gasteiger partial charge < -0.3 is 11.8 Å². The van der Waals surface area contributed by atoms with Crippen LogP contribution in [0.25, 0.3) is 0 Å². The van der Waals surface area contributed by atoms with Gasteiger partial charge >= 0.3 is 21.1 Å². The Hall–Kier alpha value is -0.292. The van der Waals surface area contributed by atoms with Crippen molar-refractivity contribution in [3.05, 3.63) is 50.6 Å². The smallest absolute Gasteiger partial charge is 0.550 e. The van der Waals surface area contributed by atoms with Gasteiger partial charge in [0.15, 0.2) is 0 Å². The van der Waals surface area contributed by atoms with Crippen LogP contribution in [0.5, 0.6) is 0 Å². The Morgan fingerprint density at radius 3 is 1.88 bits per heavy atom. The summed E-state index contributed by atoms with van der Waals surface area (Å²) in [5.41, 5.74) is 1.96. The third-order valence-electron chi connectivity index (χ3n) is 1.47. The van der Waals surface area contributed by atoms with Crippen molar-refractivity contribution in [3.8, 4) is 0 Å². The molecular formula is C14H27NW. The van der Waals surface area contributed by atoms with Crippen molar-refractivity contribution in [2.75, 3.05) is 6.54 Å². The third-order valence-corrected chi connectivity index (χ3v) is 1.47. The second-order valence-electron chi connectivity index (χ2n) is 2.30. The summed E-state index contributed by atoms with van der Waals surface area (Å²) in [5, 5.41) is 0. The molecule has 0 saturated heterocycles. The topological polar surface area (TPSA) is 3.24 Å². The van der Waals surface area contributed by atoms with Crippen LogP contribution < -0.4 is 0 Å². The minimum absolute atomic E-state index is 0. The van der Waals surface area contributed by atoms with E-state index in [0.29, 0.717) is 6.54 Å². The molecule has 1 nitrogen and oxygen atoms in total. The van der Waals surface area contributed by atoms with E-state index in [9.17, 15) is 0 Å². The predicted molar refractivity (Wildman–Crippen MR) is 73.2 cm³/mol. The van der Waals surface area contributed by atoms with Crippen LogP contribution >= 0.6 is 0 Å². The van der Waals surface area contributed by atoms with Gasteiger partial charge in [-0.2, -0.15) is 0 Å². The average molecular weight is 393 g/mol. The Balaban J connectivity index is -0.000000129. The van der Waals surface area contributed by atoms with Crippen molar-refractivity contribution in [1.29, 1.82) is 0 Å². The monoisotopic (exact) mass is 393 g/mol. The van der Waals surface area contributed by atoms with E-state index in [2.05, 4.69) is 27.1 Å². The molecule has 2 heteroatoms. The van der Waals surface area contributed by atoms with Gasteiger partial charge in [0, 0.05) is 5.70 Å². The summed E-state index contributed by atoms with van der Waals surface area (Å²) in [6.45, 7) is 21.7. The number of rotatable bonds is 4. The number of hydrogen-bond donors (Lipinski definition) is 0. The SMILES string of the molecule is C=C/C=C(/C)C(=C)N([CH2-])C[CH2-].CC.CC.[W+2]. The summed E-state index contributed by atoms with van der Waals surface area (Å²) in [7, 11) is 3.76. The molecule has 0 aliphatic rings. The van der Waals surface area contributed by atoms with Gasteiger partial charge in [0.2, 0.25) is 0 Å². The van der Waals surface area contributed by atoms with Crippen molar-refractivity contribution in [3.63, 3.8) is 0 Å². The van der Waals surface area contributed by atoms with Gasteiger partial charge in [-0.3, -0.25) is 7.05 Å². The maximum atomic E-state index is 3.85. The van der Waals surface area contributed by atoms with Crippen molar-refractivity contribution in [2.24, 2.45) is 0 Å². The van der Waals surface area contributed by atoms with Crippen LogP contribution in [0.15, 0.2) is 36.6 Å². The molecule has 0 rings (SSSR count). The Labute approximate surface area is 118 Å². The van der Waals surface area contributed by atoms with Gasteiger partial charge in [-0.15, -0.1) is 6.54 Å². The van der Waals surface area contributed by atoms with E-state index in [0.717, 1.165) is 11.3 Å². The van der Waals surface area contributed by atoms with E-state index < -0.39 is 0 Å². The van der Waals surface area contributed by atoms with Crippen molar-refractivity contribution in [2.45, 2.75) is 34.6 Å². The number of nitrogens with zero attached hydrogens (tertiary/aromatic N) is 1. The molecule has 0 aliphatic heterocycles. The Bertz CT molecular complexity index is 183. The normalized spacial score (nSPS) is 8.31. The molecule has 0 aliphatic carbocycles. The third kappa shape index (κ3) is 13.7. The fourth-order valence-electron chi connectivity index (χ4n) is 0.657. The Morgan fingerprint density at radius 2 is 1.62 bits per heavy atom. The zero-order valence-electron chi connectivity index (χ0n) is 11.5. The quantitative estimate of drug-likeness (QED) is 0.498. The number of hydrogen-bond acceptors (Lipinski definition) is 1. The van der Waals surface area contributed by atoms with E-state index >= 15 is 0 Å². The first-order chi connectivity index (χ1) is 7.13. The summed E-state index contributed by atoms with van der Waals surface area (Å²) in [5.74, 6) is 0. The summed E-state index contributed by atoms with van der Waals surface area (Å²) in [4.78, 5) is 1.75. The summed E-state index contributed by atoms with van der Waals surface area (Å²) in [6, 6.07) is 0. The van der Waals surface area contributed by atoms with Crippen molar-refractivity contribution >= 4 is 0 Å².